The van der Waals surface area contributed by atoms with E-state index in [1.165, 1.54) is 43.4 Å². The summed E-state index contributed by atoms with van der Waals surface area (Å²) in [5, 5.41) is 2.76. The molecule has 0 saturated heterocycles. The van der Waals surface area contributed by atoms with Crippen LogP contribution < -0.4 is 10.0 Å². The van der Waals surface area contributed by atoms with Crippen LogP contribution in [0.1, 0.15) is 28.9 Å². The maximum atomic E-state index is 12.4. The Morgan fingerprint density at radius 1 is 0.962 bits per heavy atom. The first-order chi connectivity index (χ1) is 12.0. The Morgan fingerprint density at radius 3 is 2.12 bits per heavy atom. The molecule has 0 aliphatic rings. The molecule has 0 spiro atoms. The highest BCUT2D eigenvalue weighted by Crippen LogP contribution is 2.17. The maximum absolute atomic E-state index is 12.4. The maximum Gasteiger partial charge on any atom is 0.251 e. The number of rotatable bonds is 6. The highest BCUT2D eigenvalue weighted by molar-refractivity contribution is 7.90. The second-order valence-electron chi connectivity index (χ2n) is 5.77. The molecular weight excluding hydrogens is 376 g/mol. The van der Waals surface area contributed by atoms with E-state index in [0.29, 0.717) is 0 Å². The number of hydrogen-bond acceptors (Lipinski definition) is 5. The second-order valence-corrected chi connectivity index (χ2v) is 9.67. The van der Waals surface area contributed by atoms with Gasteiger partial charge in [-0.05, 0) is 49.9 Å². The number of hydrogen-bond donors (Lipinski definition) is 2. The number of carbonyl (C=O) groups excluding carboxylic acids is 1. The SMILES string of the molecule is CNS(=O)(=O)c1cccc(C(=O)N[C@H](C)c2ccc(S(C)(=O)=O)cc2)c1. The molecule has 7 nitrogen and oxygen atoms in total. The van der Waals surface area contributed by atoms with Crippen LogP contribution in [0.4, 0.5) is 0 Å². The molecule has 26 heavy (non-hydrogen) atoms. The molecule has 0 heterocycles. The van der Waals surface area contributed by atoms with Gasteiger partial charge in [-0.1, -0.05) is 18.2 Å². The van der Waals surface area contributed by atoms with E-state index >= 15 is 0 Å². The van der Waals surface area contributed by atoms with Gasteiger partial charge in [0.2, 0.25) is 10.0 Å². The summed E-state index contributed by atoms with van der Waals surface area (Å²) in [5.74, 6) is -0.433. The van der Waals surface area contributed by atoms with E-state index in [1.807, 2.05) is 0 Å². The Balaban J connectivity index is 2.18. The number of sulfone groups is 1. The van der Waals surface area contributed by atoms with Gasteiger partial charge in [-0.25, -0.2) is 21.6 Å². The summed E-state index contributed by atoms with van der Waals surface area (Å²) >= 11 is 0. The van der Waals surface area contributed by atoms with Crippen molar-refractivity contribution in [1.29, 1.82) is 0 Å². The third-order valence-electron chi connectivity index (χ3n) is 3.83. The van der Waals surface area contributed by atoms with Crippen LogP contribution in [0.25, 0.3) is 0 Å². The van der Waals surface area contributed by atoms with Gasteiger partial charge in [0.05, 0.1) is 15.8 Å². The van der Waals surface area contributed by atoms with Crippen LogP contribution in [-0.4, -0.2) is 36.0 Å². The van der Waals surface area contributed by atoms with Crippen LogP contribution in [0, 0.1) is 0 Å². The number of carbonyl (C=O) groups is 1. The van der Waals surface area contributed by atoms with Gasteiger partial charge in [0.1, 0.15) is 0 Å². The van der Waals surface area contributed by atoms with Crippen molar-refractivity contribution in [3.05, 3.63) is 59.7 Å². The number of amides is 1. The molecule has 140 valence electrons. The zero-order chi connectivity index (χ0) is 19.5. The fourth-order valence-electron chi connectivity index (χ4n) is 2.29. The highest BCUT2D eigenvalue weighted by Gasteiger charge is 2.16. The quantitative estimate of drug-likeness (QED) is 0.769. The molecule has 0 fully saturated rings. The van der Waals surface area contributed by atoms with Crippen molar-refractivity contribution in [2.45, 2.75) is 22.8 Å². The van der Waals surface area contributed by atoms with E-state index in [0.717, 1.165) is 11.8 Å². The fraction of sp³-hybridized carbons (Fsp3) is 0.235. The zero-order valence-corrected chi connectivity index (χ0v) is 16.2. The molecule has 0 aliphatic carbocycles. The summed E-state index contributed by atoms with van der Waals surface area (Å²) in [6.07, 6.45) is 1.12. The van der Waals surface area contributed by atoms with Crippen molar-refractivity contribution < 1.29 is 21.6 Å². The third-order valence-corrected chi connectivity index (χ3v) is 6.37. The van der Waals surface area contributed by atoms with Crippen molar-refractivity contribution >= 4 is 25.8 Å². The van der Waals surface area contributed by atoms with Crippen molar-refractivity contribution in [2.24, 2.45) is 0 Å². The molecule has 2 aromatic rings. The number of benzene rings is 2. The van der Waals surface area contributed by atoms with Gasteiger partial charge in [-0.3, -0.25) is 4.79 Å². The van der Waals surface area contributed by atoms with E-state index in [9.17, 15) is 21.6 Å². The Bertz CT molecular complexity index is 1010. The molecule has 1 atom stereocenters. The molecule has 2 rings (SSSR count). The summed E-state index contributed by atoms with van der Waals surface area (Å²) < 4.78 is 48.9. The highest BCUT2D eigenvalue weighted by atomic mass is 32.2. The van der Waals surface area contributed by atoms with Gasteiger partial charge < -0.3 is 5.32 Å². The predicted molar refractivity (Wildman–Crippen MR) is 98.1 cm³/mol. The summed E-state index contributed by atoms with van der Waals surface area (Å²) in [5.41, 5.74) is 0.936. The van der Waals surface area contributed by atoms with Gasteiger partial charge in [-0.15, -0.1) is 0 Å². The first-order valence-electron chi connectivity index (χ1n) is 7.69. The molecule has 0 aromatic heterocycles. The lowest BCUT2D eigenvalue weighted by atomic mass is 10.1. The van der Waals surface area contributed by atoms with Crippen molar-refractivity contribution in [3.8, 4) is 0 Å². The number of nitrogens with one attached hydrogen (secondary N) is 2. The average molecular weight is 396 g/mol. The monoisotopic (exact) mass is 396 g/mol. The van der Waals surface area contributed by atoms with Crippen LogP contribution in [0.5, 0.6) is 0 Å². The Labute approximate surface area is 153 Å². The third kappa shape index (κ3) is 4.69. The molecule has 0 unspecified atom stereocenters. The second kappa shape index (κ2) is 7.56. The van der Waals surface area contributed by atoms with Gasteiger partial charge >= 0.3 is 0 Å². The normalized spacial score (nSPS) is 13.2. The molecule has 0 aliphatic heterocycles. The lowest BCUT2D eigenvalue weighted by molar-refractivity contribution is 0.0939. The Morgan fingerprint density at radius 2 is 1.58 bits per heavy atom. The van der Waals surface area contributed by atoms with Crippen molar-refractivity contribution in [2.75, 3.05) is 13.3 Å². The van der Waals surface area contributed by atoms with E-state index in [-0.39, 0.29) is 21.4 Å². The molecule has 0 saturated carbocycles. The first kappa shape index (κ1) is 20.1. The van der Waals surface area contributed by atoms with Crippen LogP contribution in [0.3, 0.4) is 0 Å². The molecule has 1 amide bonds. The van der Waals surface area contributed by atoms with E-state index in [2.05, 4.69) is 10.0 Å². The van der Waals surface area contributed by atoms with Crippen molar-refractivity contribution in [1.82, 2.24) is 10.0 Å². The molecule has 2 aromatic carbocycles. The largest absolute Gasteiger partial charge is 0.346 e. The van der Waals surface area contributed by atoms with E-state index in [1.54, 1.807) is 19.1 Å². The molecule has 2 N–H and O–H groups in total. The van der Waals surface area contributed by atoms with Crippen molar-refractivity contribution in [3.63, 3.8) is 0 Å². The van der Waals surface area contributed by atoms with Gasteiger partial charge in [0.15, 0.2) is 9.84 Å². The van der Waals surface area contributed by atoms with Gasteiger partial charge in [-0.2, -0.15) is 0 Å². The summed E-state index contributed by atoms with van der Waals surface area (Å²) in [6.45, 7) is 1.75. The Kier molecular flexibility index (Phi) is 5.84. The summed E-state index contributed by atoms with van der Waals surface area (Å²) in [7, 11) is -5.63. The molecule has 0 radical (unpaired) electrons. The summed E-state index contributed by atoms with van der Waals surface area (Å²) in [4.78, 5) is 12.6. The number of sulfonamides is 1. The topological polar surface area (TPSA) is 109 Å². The van der Waals surface area contributed by atoms with Crippen LogP contribution in [0.2, 0.25) is 0 Å². The minimum Gasteiger partial charge on any atom is -0.346 e. The lowest BCUT2D eigenvalue weighted by Gasteiger charge is -2.15. The van der Waals surface area contributed by atoms with Crippen LogP contribution >= 0.6 is 0 Å². The van der Waals surface area contributed by atoms with Gasteiger partial charge in [0, 0.05) is 11.8 Å². The van der Waals surface area contributed by atoms with E-state index < -0.39 is 25.8 Å². The average Bonchev–Trinajstić information content (AvgIpc) is 2.61. The predicted octanol–water partition coefficient (Wildman–Crippen LogP) is 1.49. The van der Waals surface area contributed by atoms with E-state index in [4.69, 9.17) is 0 Å². The molecule has 9 heteroatoms. The van der Waals surface area contributed by atoms with Crippen LogP contribution in [-0.2, 0) is 19.9 Å². The minimum atomic E-state index is -3.64. The smallest absolute Gasteiger partial charge is 0.251 e. The fourth-order valence-corrected chi connectivity index (χ4v) is 3.70. The van der Waals surface area contributed by atoms with Crippen LogP contribution in [0.15, 0.2) is 58.3 Å². The Hall–Kier alpha value is -2.23. The van der Waals surface area contributed by atoms with Gasteiger partial charge in [0.25, 0.3) is 5.91 Å². The molecular formula is C17H20N2O5S2. The minimum absolute atomic E-state index is 0.00203. The summed E-state index contributed by atoms with van der Waals surface area (Å²) in [6, 6.07) is 11.5. The molecule has 0 bridgehead atoms. The first-order valence-corrected chi connectivity index (χ1v) is 11.1. The standard InChI is InChI=1S/C17H20N2O5S2/c1-12(13-7-9-15(10-8-13)25(3,21)22)19-17(20)14-5-4-6-16(11-14)26(23,24)18-2/h4-12,18H,1-3H3,(H,19,20)/t12-/m1/s1. The lowest BCUT2D eigenvalue weighted by Crippen LogP contribution is -2.27. The zero-order valence-electron chi connectivity index (χ0n) is 14.6.